The molecule has 2 aromatic rings. The lowest BCUT2D eigenvalue weighted by Crippen LogP contribution is -2.11. The SMILES string of the molecule is OCC1(Cc2cnc3ccnn3c2)CC1. The van der Waals surface area contributed by atoms with Crippen LogP contribution < -0.4 is 0 Å². The van der Waals surface area contributed by atoms with Crippen molar-refractivity contribution >= 4 is 5.65 Å². The van der Waals surface area contributed by atoms with Crippen molar-refractivity contribution in [2.45, 2.75) is 19.3 Å². The fourth-order valence-electron chi connectivity index (χ4n) is 1.94. The third kappa shape index (κ3) is 1.51. The molecule has 1 aliphatic carbocycles. The van der Waals surface area contributed by atoms with Crippen LogP contribution >= 0.6 is 0 Å². The number of nitrogens with zero attached hydrogens (tertiary/aromatic N) is 3. The molecule has 0 aliphatic heterocycles. The first-order chi connectivity index (χ1) is 7.31. The molecule has 0 spiro atoms. The second-order valence-corrected chi connectivity index (χ2v) is 4.43. The Bertz CT molecular complexity index is 487. The van der Waals surface area contributed by atoms with E-state index in [0.717, 1.165) is 30.5 Å². The van der Waals surface area contributed by atoms with Gasteiger partial charge in [-0.15, -0.1) is 0 Å². The fourth-order valence-corrected chi connectivity index (χ4v) is 1.94. The summed E-state index contributed by atoms with van der Waals surface area (Å²) >= 11 is 0. The van der Waals surface area contributed by atoms with Crippen LogP contribution in [0.15, 0.2) is 24.7 Å². The Morgan fingerprint density at radius 1 is 1.47 bits per heavy atom. The molecule has 0 radical (unpaired) electrons. The van der Waals surface area contributed by atoms with Crippen molar-refractivity contribution < 1.29 is 5.11 Å². The first kappa shape index (κ1) is 8.85. The van der Waals surface area contributed by atoms with Gasteiger partial charge >= 0.3 is 0 Å². The van der Waals surface area contributed by atoms with Gasteiger partial charge in [0.2, 0.25) is 0 Å². The largest absolute Gasteiger partial charge is 0.396 e. The second kappa shape index (κ2) is 3.03. The zero-order valence-electron chi connectivity index (χ0n) is 8.43. The van der Waals surface area contributed by atoms with Crippen LogP contribution in [0.2, 0.25) is 0 Å². The molecule has 0 bridgehead atoms. The van der Waals surface area contributed by atoms with Crippen LogP contribution in [0.1, 0.15) is 18.4 Å². The molecule has 0 saturated heterocycles. The number of aliphatic hydroxyl groups is 1. The van der Waals surface area contributed by atoms with E-state index in [0.29, 0.717) is 0 Å². The molecule has 0 amide bonds. The third-order valence-corrected chi connectivity index (χ3v) is 3.17. The molecule has 1 aliphatic rings. The highest BCUT2D eigenvalue weighted by Crippen LogP contribution is 2.47. The molecule has 15 heavy (non-hydrogen) atoms. The third-order valence-electron chi connectivity index (χ3n) is 3.17. The maximum atomic E-state index is 9.25. The normalized spacial score (nSPS) is 18.2. The molecule has 2 heterocycles. The maximum absolute atomic E-state index is 9.25. The van der Waals surface area contributed by atoms with Gasteiger partial charge in [-0.3, -0.25) is 0 Å². The zero-order valence-corrected chi connectivity index (χ0v) is 8.43. The minimum absolute atomic E-state index is 0.141. The summed E-state index contributed by atoms with van der Waals surface area (Å²) in [7, 11) is 0. The van der Waals surface area contributed by atoms with E-state index >= 15 is 0 Å². The molecule has 78 valence electrons. The Labute approximate surface area is 87.6 Å². The second-order valence-electron chi connectivity index (χ2n) is 4.43. The van der Waals surface area contributed by atoms with Crippen molar-refractivity contribution in [3.63, 3.8) is 0 Å². The van der Waals surface area contributed by atoms with Crippen molar-refractivity contribution in [1.82, 2.24) is 14.6 Å². The summed E-state index contributed by atoms with van der Waals surface area (Å²) in [6.45, 7) is 0.282. The first-order valence-electron chi connectivity index (χ1n) is 5.21. The van der Waals surface area contributed by atoms with E-state index < -0.39 is 0 Å². The molecule has 4 nitrogen and oxygen atoms in total. The predicted octanol–water partition coefficient (Wildman–Crippen LogP) is 1.04. The quantitative estimate of drug-likeness (QED) is 0.811. The van der Waals surface area contributed by atoms with Crippen molar-refractivity contribution in [1.29, 1.82) is 0 Å². The van der Waals surface area contributed by atoms with Crippen LogP contribution in [-0.2, 0) is 6.42 Å². The molecule has 2 aromatic heterocycles. The number of fused-ring (bicyclic) bond motifs is 1. The number of hydrogen-bond acceptors (Lipinski definition) is 3. The molecule has 1 fully saturated rings. The van der Waals surface area contributed by atoms with Crippen molar-refractivity contribution in [2.75, 3.05) is 6.61 Å². The van der Waals surface area contributed by atoms with Gasteiger partial charge in [-0.25, -0.2) is 9.50 Å². The molecule has 0 unspecified atom stereocenters. The van der Waals surface area contributed by atoms with Gasteiger partial charge in [0, 0.05) is 25.1 Å². The van der Waals surface area contributed by atoms with Crippen LogP contribution in [-0.4, -0.2) is 26.3 Å². The maximum Gasteiger partial charge on any atom is 0.154 e. The van der Waals surface area contributed by atoms with Crippen LogP contribution in [0.3, 0.4) is 0 Å². The van der Waals surface area contributed by atoms with Gasteiger partial charge in [-0.05, 0) is 30.2 Å². The van der Waals surface area contributed by atoms with Gasteiger partial charge in [0.25, 0.3) is 0 Å². The highest BCUT2D eigenvalue weighted by molar-refractivity contribution is 5.36. The molecule has 0 aromatic carbocycles. The van der Waals surface area contributed by atoms with E-state index in [-0.39, 0.29) is 12.0 Å². The van der Waals surface area contributed by atoms with E-state index in [1.807, 2.05) is 18.5 Å². The highest BCUT2D eigenvalue weighted by atomic mass is 16.3. The average molecular weight is 203 g/mol. The Morgan fingerprint density at radius 2 is 2.33 bits per heavy atom. The van der Waals surface area contributed by atoms with E-state index in [1.165, 1.54) is 0 Å². The van der Waals surface area contributed by atoms with E-state index in [4.69, 9.17) is 0 Å². The molecule has 0 atom stereocenters. The Morgan fingerprint density at radius 3 is 3.07 bits per heavy atom. The van der Waals surface area contributed by atoms with Gasteiger partial charge in [0.15, 0.2) is 5.65 Å². The summed E-state index contributed by atoms with van der Waals surface area (Å²) in [6.07, 6.45) is 8.78. The first-order valence-corrected chi connectivity index (χ1v) is 5.21. The smallest absolute Gasteiger partial charge is 0.154 e. The zero-order chi connectivity index (χ0) is 10.3. The van der Waals surface area contributed by atoms with Crippen LogP contribution in [0.4, 0.5) is 0 Å². The van der Waals surface area contributed by atoms with Gasteiger partial charge < -0.3 is 5.11 Å². The number of rotatable bonds is 3. The van der Waals surface area contributed by atoms with Crippen LogP contribution in [0.25, 0.3) is 5.65 Å². The highest BCUT2D eigenvalue weighted by Gasteiger charge is 2.41. The number of aliphatic hydroxyl groups excluding tert-OH is 1. The topological polar surface area (TPSA) is 50.4 Å². The Hall–Kier alpha value is -1.42. The minimum Gasteiger partial charge on any atom is -0.396 e. The van der Waals surface area contributed by atoms with Gasteiger partial charge in [-0.2, -0.15) is 5.10 Å². The van der Waals surface area contributed by atoms with Crippen LogP contribution in [0.5, 0.6) is 0 Å². The molecule has 1 saturated carbocycles. The lowest BCUT2D eigenvalue weighted by molar-refractivity contribution is 0.211. The summed E-state index contributed by atoms with van der Waals surface area (Å²) in [5, 5.41) is 13.4. The summed E-state index contributed by atoms with van der Waals surface area (Å²) in [6, 6.07) is 1.88. The van der Waals surface area contributed by atoms with E-state index in [9.17, 15) is 5.11 Å². The number of aromatic nitrogens is 3. The van der Waals surface area contributed by atoms with Crippen molar-refractivity contribution in [2.24, 2.45) is 5.41 Å². The van der Waals surface area contributed by atoms with E-state index in [1.54, 1.807) is 10.7 Å². The van der Waals surface area contributed by atoms with E-state index in [2.05, 4.69) is 10.1 Å². The van der Waals surface area contributed by atoms with Crippen molar-refractivity contribution in [3.05, 3.63) is 30.2 Å². The molecular formula is C11H13N3O. The minimum atomic E-state index is 0.141. The molecule has 3 rings (SSSR count). The van der Waals surface area contributed by atoms with Gasteiger partial charge in [0.05, 0.1) is 6.20 Å². The molecule has 4 heteroatoms. The fraction of sp³-hybridized carbons (Fsp3) is 0.455. The summed E-state index contributed by atoms with van der Waals surface area (Å²) < 4.78 is 1.78. The molecule has 1 N–H and O–H groups in total. The summed E-state index contributed by atoms with van der Waals surface area (Å²) in [4.78, 5) is 4.31. The predicted molar refractivity (Wildman–Crippen MR) is 55.4 cm³/mol. The Balaban J connectivity index is 1.91. The van der Waals surface area contributed by atoms with Crippen molar-refractivity contribution in [3.8, 4) is 0 Å². The summed E-state index contributed by atoms with van der Waals surface area (Å²) in [5.41, 5.74) is 2.16. The summed E-state index contributed by atoms with van der Waals surface area (Å²) in [5.74, 6) is 0. The lowest BCUT2D eigenvalue weighted by Gasteiger charge is -2.10. The lowest BCUT2D eigenvalue weighted by atomic mass is 10.00. The Kier molecular flexibility index (Phi) is 1.79. The monoisotopic (exact) mass is 203 g/mol. The van der Waals surface area contributed by atoms with Crippen LogP contribution in [0, 0.1) is 5.41 Å². The van der Waals surface area contributed by atoms with Gasteiger partial charge in [-0.1, -0.05) is 0 Å². The standard InChI is InChI=1S/C11H13N3O/c15-8-11(2-3-11)5-9-6-12-10-1-4-13-14(10)7-9/h1,4,6-7,15H,2-3,5,8H2. The number of hydrogen-bond donors (Lipinski definition) is 1. The molecular weight excluding hydrogens is 190 g/mol. The van der Waals surface area contributed by atoms with Gasteiger partial charge in [0.1, 0.15) is 0 Å². The average Bonchev–Trinajstić information content (AvgIpc) is 2.88.